The fourth-order valence-electron chi connectivity index (χ4n) is 1.18. The largest absolute Gasteiger partial charge is 0.218 e. The predicted octanol–water partition coefficient (Wildman–Crippen LogP) is 2.20. The van der Waals surface area contributed by atoms with Crippen molar-refractivity contribution in [1.82, 2.24) is 4.72 Å². The molecule has 3 nitrogen and oxygen atoms in total. The summed E-state index contributed by atoms with van der Waals surface area (Å²) in [5.74, 6) is -0.403. The molecule has 1 aromatic rings. The zero-order valence-electron chi connectivity index (χ0n) is 8.29. The SMILES string of the molecule is CNS(=O)(=O)C(C)c1ccc(F)cc1Br. The van der Waals surface area contributed by atoms with Crippen molar-refractivity contribution in [1.29, 1.82) is 0 Å². The van der Waals surface area contributed by atoms with E-state index in [2.05, 4.69) is 20.7 Å². The molecular formula is C9H11BrFNO2S. The molecule has 0 aliphatic carbocycles. The maximum atomic E-state index is 12.8. The minimum Gasteiger partial charge on any atom is -0.218 e. The van der Waals surface area contributed by atoms with Crippen molar-refractivity contribution < 1.29 is 12.8 Å². The molecule has 0 bridgehead atoms. The monoisotopic (exact) mass is 295 g/mol. The van der Waals surface area contributed by atoms with Crippen molar-refractivity contribution in [3.63, 3.8) is 0 Å². The van der Waals surface area contributed by atoms with Gasteiger partial charge >= 0.3 is 0 Å². The van der Waals surface area contributed by atoms with E-state index >= 15 is 0 Å². The highest BCUT2D eigenvalue weighted by Gasteiger charge is 2.22. The van der Waals surface area contributed by atoms with Gasteiger partial charge in [-0.2, -0.15) is 0 Å². The number of sulfonamides is 1. The molecule has 0 radical (unpaired) electrons. The molecular weight excluding hydrogens is 285 g/mol. The Morgan fingerprint density at radius 2 is 2.07 bits per heavy atom. The van der Waals surface area contributed by atoms with E-state index in [0.29, 0.717) is 10.0 Å². The Morgan fingerprint density at radius 3 is 2.53 bits per heavy atom. The molecule has 15 heavy (non-hydrogen) atoms. The Kier molecular flexibility index (Phi) is 3.86. The standard InChI is InChI=1S/C9H11BrFNO2S/c1-6(15(13,14)12-2)8-4-3-7(11)5-9(8)10/h3-6,12H,1-2H3. The molecule has 1 aromatic carbocycles. The molecule has 1 N–H and O–H groups in total. The van der Waals surface area contributed by atoms with Crippen LogP contribution in [-0.4, -0.2) is 15.5 Å². The minimum atomic E-state index is -3.39. The highest BCUT2D eigenvalue weighted by Crippen LogP contribution is 2.28. The molecule has 0 aromatic heterocycles. The van der Waals surface area contributed by atoms with Crippen molar-refractivity contribution in [3.05, 3.63) is 34.1 Å². The molecule has 6 heteroatoms. The van der Waals surface area contributed by atoms with Crippen LogP contribution in [0.4, 0.5) is 4.39 Å². The van der Waals surface area contributed by atoms with Crippen LogP contribution in [0, 0.1) is 5.82 Å². The van der Waals surface area contributed by atoms with Gasteiger partial charge in [0.1, 0.15) is 5.82 Å². The van der Waals surface area contributed by atoms with Crippen LogP contribution >= 0.6 is 15.9 Å². The normalized spacial score (nSPS) is 13.9. The van der Waals surface area contributed by atoms with Gasteiger partial charge in [-0.05, 0) is 31.7 Å². The van der Waals surface area contributed by atoms with Crippen LogP contribution < -0.4 is 4.72 Å². The van der Waals surface area contributed by atoms with Crippen LogP contribution in [0.15, 0.2) is 22.7 Å². The van der Waals surface area contributed by atoms with E-state index in [4.69, 9.17) is 0 Å². The van der Waals surface area contributed by atoms with Gasteiger partial charge in [0.25, 0.3) is 0 Å². The van der Waals surface area contributed by atoms with Crippen molar-refractivity contribution in [2.75, 3.05) is 7.05 Å². The average Bonchev–Trinajstić information content (AvgIpc) is 2.17. The first-order valence-electron chi connectivity index (χ1n) is 4.26. The molecule has 0 fully saturated rings. The van der Waals surface area contributed by atoms with Gasteiger partial charge in [-0.3, -0.25) is 0 Å². The second-order valence-electron chi connectivity index (χ2n) is 3.06. The summed E-state index contributed by atoms with van der Waals surface area (Å²) < 4.78 is 38.5. The highest BCUT2D eigenvalue weighted by molar-refractivity contribution is 9.10. The van der Waals surface area contributed by atoms with E-state index in [9.17, 15) is 12.8 Å². The molecule has 0 spiro atoms. The first-order chi connectivity index (χ1) is 6.88. The van der Waals surface area contributed by atoms with Gasteiger partial charge in [-0.25, -0.2) is 17.5 Å². The van der Waals surface area contributed by atoms with Gasteiger partial charge in [0, 0.05) is 4.47 Å². The summed E-state index contributed by atoms with van der Waals surface area (Å²) in [6.07, 6.45) is 0. The Balaban J connectivity index is 3.18. The van der Waals surface area contributed by atoms with Crippen molar-refractivity contribution in [3.8, 4) is 0 Å². The maximum Gasteiger partial charge on any atom is 0.218 e. The molecule has 0 saturated carbocycles. The smallest absolute Gasteiger partial charge is 0.218 e. The summed E-state index contributed by atoms with van der Waals surface area (Å²) >= 11 is 3.14. The Bertz CT molecular complexity index is 461. The summed E-state index contributed by atoms with van der Waals surface area (Å²) in [6.45, 7) is 1.55. The Hall–Kier alpha value is -0.460. The first-order valence-corrected chi connectivity index (χ1v) is 6.59. The molecule has 1 unspecified atom stereocenters. The van der Waals surface area contributed by atoms with Crippen LogP contribution in [-0.2, 0) is 10.0 Å². The summed E-state index contributed by atoms with van der Waals surface area (Å²) in [4.78, 5) is 0. The summed E-state index contributed by atoms with van der Waals surface area (Å²) in [6, 6.07) is 3.94. The molecule has 0 heterocycles. The van der Waals surface area contributed by atoms with Crippen LogP contribution in [0.2, 0.25) is 0 Å². The topological polar surface area (TPSA) is 46.2 Å². The van der Waals surface area contributed by atoms with Gasteiger partial charge in [-0.1, -0.05) is 22.0 Å². The summed E-state index contributed by atoms with van der Waals surface area (Å²) in [7, 11) is -2.04. The summed E-state index contributed by atoms with van der Waals surface area (Å²) in [5.41, 5.74) is 0.533. The third kappa shape index (κ3) is 2.76. The molecule has 0 amide bonds. The van der Waals surface area contributed by atoms with Crippen molar-refractivity contribution in [2.24, 2.45) is 0 Å². The first kappa shape index (κ1) is 12.6. The average molecular weight is 296 g/mol. The quantitative estimate of drug-likeness (QED) is 0.929. The predicted molar refractivity (Wildman–Crippen MR) is 60.5 cm³/mol. The maximum absolute atomic E-state index is 12.8. The van der Waals surface area contributed by atoms with Gasteiger partial charge in [0.2, 0.25) is 10.0 Å². The Labute approximate surface area is 96.9 Å². The lowest BCUT2D eigenvalue weighted by atomic mass is 10.2. The minimum absolute atomic E-state index is 0.403. The lowest BCUT2D eigenvalue weighted by Crippen LogP contribution is -2.24. The number of rotatable bonds is 3. The molecule has 0 aliphatic rings. The van der Waals surface area contributed by atoms with Crippen LogP contribution in [0.5, 0.6) is 0 Å². The molecule has 84 valence electrons. The highest BCUT2D eigenvalue weighted by atomic mass is 79.9. The zero-order chi connectivity index (χ0) is 11.6. The molecule has 0 aliphatic heterocycles. The lowest BCUT2D eigenvalue weighted by molar-refractivity contribution is 0.577. The number of hydrogen-bond donors (Lipinski definition) is 1. The van der Waals surface area contributed by atoms with Crippen molar-refractivity contribution >= 4 is 26.0 Å². The van der Waals surface area contributed by atoms with Gasteiger partial charge in [0.15, 0.2) is 0 Å². The van der Waals surface area contributed by atoms with Crippen LogP contribution in [0.25, 0.3) is 0 Å². The zero-order valence-corrected chi connectivity index (χ0v) is 10.7. The second kappa shape index (κ2) is 4.59. The fourth-order valence-corrected chi connectivity index (χ4v) is 2.91. The lowest BCUT2D eigenvalue weighted by Gasteiger charge is -2.13. The second-order valence-corrected chi connectivity index (χ2v) is 6.12. The third-order valence-electron chi connectivity index (χ3n) is 2.15. The number of hydrogen-bond acceptors (Lipinski definition) is 2. The van der Waals surface area contributed by atoms with Gasteiger partial charge in [-0.15, -0.1) is 0 Å². The third-order valence-corrected chi connectivity index (χ3v) is 4.59. The van der Waals surface area contributed by atoms with E-state index in [0.717, 1.165) is 0 Å². The van der Waals surface area contributed by atoms with E-state index in [1.165, 1.54) is 25.2 Å². The van der Waals surface area contributed by atoms with E-state index in [1.807, 2.05) is 0 Å². The molecule has 1 rings (SSSR count). The van der Waals surface area contributed by atoms with Crippen molar-refractivity contribution in [2.45, 2.75) is 12.2 Å². The van der Waals surface area contributed by atoms with E-state index in [-0.39, 0.29) is 0 Å². The molecule has 1 atom stereocenters. The Morgan fingerprint density at radius 1 is 1.47 bits per heavy atom. The molecule has 0 saturated heterocycles. The van der Waals surface area contributed by atoms with Crippen LogP contribution in [0.3, 0.4) is 0 Å². The van der Waals surface area contributed by atoms with Gasteiger partial charge in [0.05, 0.1) is 5.25 Å². The van der Waals surface area contributed by atoms with E-state index in [1.54, 1.807) is 6.92 Å². The number of halogens is 2. The fraction of sp³-hybridized carbons (Fsp3) is 0.333. The van der Waals surface area contributed by atoms with Gasteiger partial charge < -0.3 is 0 Å². The number of nitrogens with one attached hydrogen (secondary N) is 1. The van der Waals surface area contributed by atoms with E-state index < -0.39 is 21.1 Å². The summed E-state index contributed by atoms with van der Waals surface area (Å²) in [5, 5.41) is -0.725. The number of benzene rings is 1. The van der Waals surface area contributed by atoms with Crippen LogP contribution in [0.1, 0.15) is 17.7 Å².